The number of fused-ring (bicyclic) bond motifs is 1. The summed E-state index contributed by atoms with van der Waals surface area (Å²) in [6.07, 6.45) is 1.90. The molecule has 0 radical (unpaired) electrons. The van der Waals surface area contributed by atoms with Crippen molar-refractivity contribution in [1.29, 1.82) is 0 Å². The van der Waals surface area contributed by atoms with Crippen LogP contribution >= 0.6 is 23.6 Å². The van der Waals surface area contributed by atoms with Crippen molar-refractivity contribution >= 4 is 40.5 Å². The Morgan fingerprint density at radius 1 is 1.30 bits per heavy atom. The molecule has 0 aromatic carbocycles. The van der Waals surface area contributed by atoms with Crippen LogP contribution in [0, 0.1) is 0 Å². The molecule has 9 nitrogen and oxygen atoms in total. The van der Waals surface area contributed by atoms with E-state index in [1.165, 1.54) is 0 Å². The molecule has 2 amide bonds. The van der Waals surface area contributed by atoms with Gasteiger partial charge in [-0.15, -0.1) is 11.3 Å². The average Bonchev–Trinajstić information content (AvgIpc) is 3.48. The first-order valence-corrected chi connectivity index (χ1v) is 13.0. The van der Waals surface area contributed by atoms with E-state index in [0.29, 0.717) is 24.6 Å². The van der Waals surface area contributed by atoms with Gasteiger partial charge in [0.25, 0.3) is 0 Å². The van der Waals surface area contributed by atoms with Crippen LogP contribution in [0.5, 0.6) is 0 Å². The lowest BCUT2D eigenvalue weighted by atomic mass is 10.0. The third-order valence-electron chi connectivity index (χ3n) is 6.52. The van der Waals surface area contributed by atoms with Crippen LogP contribution in [0.15, 0.2) is 17.5 Å². The molecule has 3 saturated heterocycles. The molecule has 11 heteroatoms. The van der Waals surface area contributed by atoms with Gasteiger partial charge in [0.15, 0.2) is 5.11 Å². The first-order chi connectivity index (χ1) is 16.1. The Bertz CT molecular complexity index is 802. The van der Waals surface area contributed by atoms with Crippen LogP contribution in [0.25, 0.3) is 0 Å². The van der Waals surface area contributed by atoms with Crippen LogP contribution in [-0.4, -0.2) is 97.3 Å². The molecule has 4 N–H and O–H groups in total. The summed E-state index contributed by atoms with van der Waals surface area (Å²) >= 11 is 7.13. The molecule has 33 heavy (non-hydrogen) atoms. The third kappa shape index (κ3) is 7.10. The number of piperazine rings is 1. The summed E-state index contributed by atoms with van der Waals surface area (Å²) in [4.78, 5) is 30.5. The quantitative estimate of drug-likeness (QED) is 0.353. The Balaban J connectivity index is 1.18. The molecular formula is C22H34N6O3S2. The highest BCUT2D eigenvalue weighted by Gasteiger charge is 2.43. The van der Waals surface area contributed by atoms with Gasteiger partial charge in [0.05, 0.1) is 25.8 Å². The number of rotatable bonds is 9. The van der Waals surface area contributed by atoms with Crippen molar-refractivity contribution in [1.82, 2.24) is 31.1 Å². The van der Waals surface area contributed by atoms with Crippen molar-refractivity contribution in [3.8, 4) is 0 Å². The van der Waals surface area contributed by atoms with E-state index < -0.39 is 0 Å². The maximum absolute atomic E-state index is 12.4. The van der Waals surface area contributed by atoms with Gasteiger partial charge in [-0.25, -0.2) is 0 Å². The number of carbonyl (C=O) groups is 2. The molecule has 3 fully saturated rings. The normalized spacial score (nSPS) is 25.8. The number of ether oxygens (including phenoxy) is 1. The third-order valence-corrected chi connectivity index (χ3v) is 7.66. The second kappa shape index (κ2) is 12.1. The summed E-state index contributed by atoms with van der Waals surface area (Å²) in [5.41, 5.74) is 0. The lowest BCUT2D eigenvalue weighted by molar-refractivity contribution is -0.129. The van der Waals surface area contributed by atoms with E-state index in [2.05, 4.69) is 31.1 Å². The van der Waals surface area contributed by atoms with E-state index in [-0.39, 0.29) is 29.9 Å². The number of nitrogens with zero attached hydrogens (tertiary/aromatic N) is 2. The average molecular weight is 495 g/mol. The second-order valence-corrected chi connectivity index (χ2v) is 10.2. The van der Waals surface area contributed by atoms with Gasteiger partial charge in [-0.05, 0) is 36.5 Å². The number of hydrogen-bond acceptors (Lipinski definition) is 7. The van der Waals surface area contributed by atoms with E-state index in [1.54, 1.807) is 11.3 Å². The Hall–Kier alpha value is -1.79. The van der Waals surface area contributed by atoms with Gasteiger partial charge in [-0.2, -0.15) is 0 Å². The fourth-order valence-corrected chi connectivity index (χ4v) is 5.64. The minimum Gasteiger partial charge on any atom is -0.379 e. The molecule has 0 spiro atoms. The predicted octanol–water partition coefficient (Wildman–Crippen LogP) is -0.118. The number of amides is 2. The molecule has 1 aromatic heterocycles. The number of hydrogen-bond donors (Lipinski definition) is 4. The molecule has 4 heterocycles. The van der Waals surface area contributed by atoms with Gasteiger partial charge in [0.1, 0.15) is 0 Å². The topological polar surface area (TPSA) is 98.0 Å². The van der Waals surface area contributed by atoms with E-state index in [9.17, 15) is 9.59 Å². The SMILES string of the molecule is O=C(CC[C@@H]1CNC(=O)[C@@H]2C[C@H](NC(=S)NCCN3CCOCC3)CN12)NCc1cccs1. The van der Waals surface area contributed by atoms with Crippen LogP contribution in [0.4, 0.5) is 0 Å². The van der Waals surface area contributed by atoms with E-state index in [0.717, 1.165) is 63.7 Å². The van der Waals surface area contributed by atoms with Crippen molar-refractivity contribution < 1.29 is 14.3 Å². The molecular weight excluding hydrogens is 460 g/mol. The van der Waals surface area contributed by atoms with Crippen LogP contribution in [-0.2, 0) is 20.9 Å². The highest BCUT2D eigenvalue weighted by Crippen LogP contribution is 2.25. The highest BCUT2D eigenvalue weighted by molar-refractivity contribution is 7.80. The zero-order valence-corrected chi connectivity index (χ0v) is 20.5. The maximum Gasteiger partial charge on any atom is 0.237 e. The summed E-state index contributed by atoms with van der Waals surface area (Å²) in [5.74, 6) is 0.125. The molecule has 182 valence electrons. The Morgan fingerprint density at radius 2 is 2.15 bits per heavy atom. The lowest BCUT2D eigenvalue weighted by Gasteiger charge is -2.37. The molecule has 3 aliphatic rings. The molecule has 3 aliphatic heterocycles. The highest BCUT2D eigenvalue weighted by atomic mass is 32.1. The van der Waals surface area contributed by atoms with Crippen LogP contribution in [0.3, 0.4) is 0 Å². The monoisotopic (exact) mass is 494 g/mol. The van der Waals surface area contributed by atoms with Crippen LogP contribution in [0.2, 0.25) is 0 Å². The van der Waals surface area contributed by atoms with Crippen molar-refractivity contribution in [3.63, 3.8) is 0 Å². The van der Waals surface area contributed by atoms with Crippen molar-refractivity contribution in [2.45, 2.75) is 43.9 Å². The van der Waals surface area contributed by atoms with Gasteiger partial charge in [-0.1, -0.05) is 6.07 Å². The van der Waals surface area contributed by atoms with Crippen molar-refractivity contribution in [2.75, 3.05) is 52.5 Å². The molecule has 4 rings (SSSR count). The van der Waals surface area contributed by atoms with Crippen molar-refractivity contribution in [2.24, 2.45) is 0 Å². The fraction of sp³-hybridized carbons (Fsp3) is 0.682. The smallest absolute Gasteiger partial charge is 0.237 e. The van der Waals surface area contributed by atoms with Crippen LogP contribution in [0.1, 0.15) is 24.1 Å². The minimum absolute atomic E-state index is 0.0522. The van der Waals surface area contributed by atoms with Gasteiger partial charge in [0.2, 0.25) is 11.8 Å². The van der Waals surface area contributed by atoms with Crippen LogP contribution < -0.4 is 21.3 Å². The summed E-state index contributed by atoms with van der Waals surface area (Å²) in [6, 6.07) is 4.13. The largest absolute Gasteiger partial charge is 0.379 e. The summed E-state index contributed by atoms with van der Waals surface area (Å²) in [6.45, 7) is 7.15. The minimum atomic E-state index is -0.161. The number of morpholine rings is 1. The summed E-state index contributed by atoms with van der Waals surface area (Å²) < 4.78 is 5.38. The molecule has 3 atom stereocenters. The fourth-order valence-electron chi connectivity index (χ4n) is 4.72. The first kappa shape index (κ1) is 24.3. The Morgan fingerprint density at radius 3 is 2.94 bits per heavy atom. The number of carbonyl (C=O) groups excluding carboxylic acids is 2. The Labute approximate surface area is 204 Å². The molecule has 0 aliphatic carbocycles. The van der Waals surface area contributed by atoms with Gasteiger partial charge >= 0.3 is 0 Å². The van der Waals surface area contributed by atoms with Gasteiger partial charge in [0, 0.05) is 62.7 Å². The van der Waals surface area contributed by atoms with E-state index in [1.807, 2.05) is 17.5 Å². The summed E-state index contributed by atoms with van der Waals surface area (Å²) in [7, 11) is 0. The predicted molar refractivity (Wildman–Crippen MR) is 132 cm³/mol. The first-order valence-electron chi connectivity index (χ1n) is 11.8. The van der Waals surface area contributed by atoms with E-state index >= 15 is 0 Å². The van der Waals surface area contributed by atoms with Gasteiger partial charge in [-0.3, -0.25) is 19.4 Å². The second-order valence-electron chi connectivity index (χ2n) is 8.79. The van der Waals surface area contributed by atoms with Gasteiger partial charge < -0.3 is 26.0 Å². The van der Waals surface area contributed by atoms with Crippen molar-refractivity contribution in [3.05, 3.63) is 22.4 Å². The lowest BCUT2D eigenvalue weighted by Crippen LogP contribution is -2.58. The number of thiophene rings is 1. The standard InChI is InChI=1S/C22H34N6O3S2/c29-20(24-14-18-2-1-11-33-18)4-3-17-13-25-21(30)19-12-16(15-28(17)19)26-22(32)23-5-6-27-7-9-31-10-8-27/h1-2,11,16-17,19H,3-10,12-15H2,(H,24,29)(H,25,30)(H2,23,26,32)/t16-,17+,19-/m0/s1. The molecule has 0 bridgehead atoms. The van der Waals surface area contributed by atoms with E-state index in [4.69, 9.17) is 17.0 Å². The zero-order chi connectivity index (χ0) is 23.0. The summed E-state index contributed by atoms with van der Waals surface area (Å²) in [5, 5.41) is 15.3. The number of nitrogens with one attached hydrogen (secondary N) is 4. The number of thiocarbonyl (C=S) groups is 1. The molecule has 0 unspecified atom stereocenters. The Kier molecular flexibility index (Phi) is 8.90. The molecule has 1 aromatic rings. The zero-order valence-electron chi connectivity index (χ0n) is 18.9. The maximum atomic E-state index is 12.4. The molecule has 0 saturated carbocycles.